The van der Waals surface area contributed by atoms with Gasteiger partial charge in [0.1, 0.15) is 5.75 Å². The summed E-state index contributed by atoms with van der Waals surface area (Å²) in [5.41, 5.74) is 1.32. The highest BCUT2D eigenvalue weighted by atomic mass is 16.5. The van der Waals surface area contributed by atoms with E-state index in [1.54, 1.807) is 7.11 Å². The van der Waals surface area contributed by atoms with Crippen molar-refractivity contribution in [1.29, 1.82) is 0 Å². The molecule has 3 aliphatic heterocycles. The SMILES string of the molecule is COc1ccc(N2CCN(C3CCCN(C4CCOCC4)C3)CC2)cc1. The van der Waals surface area contributed by atoms with Crippen molar-refractivity contribution in [1.82, 2.24) is 9.80 Å². The number of piperazine rings is 1. The second-order valence-electron chi connectivity index (χ2n) is 7.86. The van der Waals surface area contributed by atoms with E-state index < -0.39 is 0 Å². The first-order chi connectivity index (χ1) is 12.8. The van der Waals surface area contributed by atoms with Gasteiger partial charge in [-0.05, 0) is 56.5 Å². The molecule has 0 amide bonds. The number of piperidine rings is 1. The average molecular weight is 360 g/mol. The largest absolute Gasteiger partial charge is 0.497 e. The van der Waals surface area contributed by atoms with Crippen LogP contribution >= 0.6 is 0 Å². The molecule has 0 bridgehead atoms. The molecular weight excluding hydrogens is 326 g/mol. The molecule has 0 aliphatic carbocycles. The Morgan fingerprint density at radius 1 is 0.846 bits per heavy atom. The molecule has 144 valence electrons. The Balaban J connectivity index is 1.29. The third-order valence-corrected chi connectivity index (χ3v) is 6.40. The summed E-state index contributed by atoms with van der Waals surface area (Å²) in [7, 11) is 1.72. The fourth-order valence-electron chi connectivity index (χ4n) is 4.80. The highest BCUT2D eigenvalue weighted by Gasteiger charge is 2.31. The molecule has 1 atom stereocenters. The fraction of sp³-hybridized carbons (Fsp3) is 0.714. The molecule has 1 aromatic rings. The number of hydrogen-bond acceptors (Lipinski definition) is 5. The maximum absolute atomic E-state index is 5.55. The molecule has 3 saturated heterocycles. The number of ether oxygens (including phenoxy) is 2. The third-order valence-electron chi connectivity index (χ3n) is 6.40. The Morgan fingerprint density at radius 2 is 1.58 bits per heavy atom. The van der Waals surface area contributed by atoms with Crippen molar-refractivity contribution in [3.63, 3.8) is 0 Å². The monoisotopic (exact) mass is 359 g/mol. The Morgan fingerprint density at radius 3 is 2.27 bits per heavy atom. The minimum atomic E-state index is 0.740. The standard InChI is InChI=1S/C21H33N3O2/c1-25-21-6-4-18(5-7-21)22-11-13-23(14-12-22)20-3-2-10-24(17-20)19-8-15-26-16-9-19/h4-7,19-20H,2-3,8-17H2,1H3. The van der Waals surface area contributed by atoms with Crippen molar-refractivity contribution in [2.45, 2.75) is 37.8 Å². The van der Waals surface area contributed by atoms with E-state index in [0.717, 1.165) is 44.1 Å². The second kappa shape index (κ2) is 8.59. The number of benzene rings is 1. The minimum absolute atomic E-state index is 0.740. The summed E-state index contributed by atoms with van der Waals surface area (Å²) >= 11 is 0. The number of hydrogen-bond donors (Lipinski definition) is 0. The normalized spacial score (nSPS) is 26.8. The summed E-state index contributed by atoms with van der Waals surface area (Å²) in [5, 5.41) is 0. The van der Waals surface area contributed by atoms with Gasteiger partial charge in [-0.15, -0.1) is 0 Å². The highest BCUT2D eigenvalue weighted by molar-refractivity contribution is 5.49. The summed E-state index contributed by atoms with van der Waals surface area (Å²) in [6.45, 7) is 9.05. The zero-order valence-corrected chi connectivity index (χ0v) is 16.1. The van der Waals surface area contributed by atoms with E-state index in [1.807, 2.05) is 0 Å². The Bertz CT molecular complexity index is 551. The Labute approximate surface area is 157 Å². The van der Waals surface area contributed by atoms with E-state index >= 15 is 0 Å². The summed E-state index contributed by atoms with van der Waals surface area (Å²) < 4.78 is 10.8. The van der Waals surface area contributed by atoms with E-state index in [-0.39, 0.29) is 0 Å². The van der Waals surface area contributed by atoms with Crippen LogP contribution in [-0.4, -0.2) is 81.5 Å². The fourth-order valence-corrected chi connectivity index (χ4v) is 4.80. The van der Waals surface area contributed by atoms with E-state index in [9.17, 15) is 0 Å². The summed E-state index contributed by atoms with van der Waals surface area (Å²) in [5.74, 6) is 0.933. The predicted octanol–water partition coefficient (Wildman–Crippen LogP) is 2.46. The first-order valence-corrected chi connectivity index (χ1v) is 10.3. The molecule has 3 aliphatic rings. The van der Waals surface area contributed by atoms with Gasteiger partial charge in [-0.2, -0.15) is 0 Å². The Kier molecular flexibility index (Phi) is 5.98. The van der Waals surface area contributed by atoms with E-state index in [1.165, 1.54) is 57.5 Å². The zero-order chi connectivity index (χ0) is 17.8. The van der Waals surface area contributed by atoms with Gasteiger partial charge in [-0.3, -0.25) is 9.80 Å². The van der Waals surface area contributed by atoms with Gasteiger partial charge in [-0.1, -0.05) is 0 Å². The topological polar surface area (TPSA) is 28.2 Å². The third kappa shape index (κ3) is 4.16. The maximum Gasteiger partial charge on any atom is 0.119 e. The van der Waals surface area contributed by atoms with Crippen molar-refractivity contribution in [2.24, 2.45) is 0 Å². The van der Waals surface area contributed by atoms with Gasteiger partial charge >= 0.3 is 0 Å². The van der Waals surface area contributed by atoms with Crippen LogP contribution in [0.1, 0.15) is 25.7 Å². The lowest BCUT2D eigenvalue weighted by Gasteiger charge is -2.46. The van der Waals surface area contributed by atoms with Crippen molar-refractivity contribution in [3.05, 3.63) is 24.3 Å². The lowest BCUT2D eigenvalue weighted by Crippen LogP contribution is -2.56. The number of methoxy groups -OCH3 is 1. The number of nitrogens with zero attached hydrogens (tertiary/aromatic N) is 3. The molecule has 0 radical (unpaired) electrons. The van der Waals surface area contributed by atoms with Crippen LogP contribution in [0.2, 0.25) is 0 Å². The summed E-state index contributed by atoms with van der Waals surface area (Å²) in [6, 6.07) is 9.99. The van der Waals surface area contributed by atoms with Crippen LogP contribution < -0.4 is 9.64 Å². The van der Waals surface area contributed by atoms with E-state index in [0.29, 0.717) is 0 Å². The van der Waals surface area contributed by atoms with Crippen LogP contribution in [0.25, 0.3) is 0 Å². The van der Waals surface area contributed by atoms with Crippen LogP contribution in [0.5, 0.6) is 5.75 Å². The van der Waals surface area contributed by atoms with Gasteiger partial charge in [0.15, 0.2) is 0 Å². The minimum Gasteiger partial charge on any atom is -0.497 e. The van der Waals surface area contributed by atoms with Crippen molar-refractivity contribution >= 4 is 5.69 Å². The van der Waals surface area contributed by atoms with Crippen LogP contribution in [0.4, 0.5) is 5.69 Å². The summed E-state index contributed by atoms with van der Waals surface area (Å²) in [6.07, 6.45) is 5.15. The van der Waals surface area contributed by atoms with Gasteiger partial charge in [0.05, 0.1) is 7.11 Å². The number of rotatable bonds is 4. The molecule has 0 spiro atoms. The van der Waals surface area contributed by atoms with Gasteiger partial charge in [0, 0.05) is 63.7 Å². The quantitative estimate of drug-likeness (QED) is 0.823. The van der Waals surface area contributed by atoms with Crippen molar-refractivity contribution in [3.8, 4) is 5.75 Å². The van der Waals surface area contributed by atoms with Crippen LogP contribution in [0.3, 0.4) is 0 Å². The molecule has 5 nitrogen and oxygen atoms in total. The molecule has 3 heterocycles. The van der Waals surface area contributed by atoms with E-state index in [2.05, 4.69) is 39.0 Å². The number of likely N-dealkylation sites (tertiary alicyclic amines) is 1. The van der Waals surface area contributed by atoms with Crippen LogP contribution in [0.15, 0.2) is 24.3 Å². The molecule has 4 rings (SSSR count). The van der Waals surface area contributed by atoms with Gasteiger partial charge < -0.3 is 14.4 Å². The average Bonchev–Trinajstić information content (AvgIpc) is 2.75. The second-order valence-corrected chi connectivity index (χ2v) is 7.86. The lowest BCUT2D eigenvalue weighted by atomic mass is 9.98. The molecule has 0 aromatic heterocycles. The van der Waals surface area contributed by atoms with Gasteiger partial charge in [-0.25, -0.2) is 0 Å². The van der Waals surface area contributed by atoms with Crippen LogP contribution in [-0.2, 0) is 4.74 Å². The van der Waals surface area contributed by atoms with Crippen molar-refractivity contribution < 1.29 is 9.47 Å². The molecule has 1 aromatic carbocycles. The first kappa shape index (κ1) is 18.1. The smallest absolute Gasteiger partial charge is 0.119 e. The van der Waals surface area contributed by atoms with Gasteiger partial charge in [0.25, 0.3) is 0 Å². The maximum atomic E-state index is 5.55. The molecular formula is C21H33N3O2. The molecule has 26 heavy (non-hydrogen) atoms. The van der Waals surface area contributed by atoms with Crippen molar-refractivity contribution in [2.75, 3.05) is 64.5 Å². The van der Waals surface area contributed by atoms with E-state index in [4.69, 9.17) is 9.47 Å². The Hall–Kier alpha value is -1.30. The van der Waals surface area contributed by atoms with Crippen LogP contribution in [0, 0.1) is 0 Å². The molecule has 5 heteroatoms. The molecule has 0 N–H and O–H groups in total. The molecule has 1 unspecified atom stereocenters. The van der Waals surface area contributed by atoms with Gasteiger partial charge in [0.2, 0.25) is 0 Å². The lowest BCUT2D eigenvalue weighted by molar-refractivity contribution is 0.00600. The first-order valence-electron chi connectivity index (χ1n) is 10.3. The molecule has 0 saturated carbocycles. The summed E-state index contributed by atoms with van der Waals surface area (Å²) in [4.78, 5) is 8.01. The highest BCUT2D eigenvalue weighted by Crippen LogP contribution is 2.25. The predicted molar refractivity (Wildman–Crippen MR) is 105 cm³/mol. The number of anilines is 1. The zero-order valence-electron chi connectivity index (χ0n) is 16.1. The molecule has 3 fully saturated rings.